The van der Waals surface area contributed by atoms with E-state index in [2.05, 4.69) is 5.32 Å². The summed E-state index contributed by atoms with van der Waals surface area (Å²) in [5, 5.41) is 2.82. The molecule has 3 nitrogen and oxygen atoms in total. The fourth-order valence-electron chi connectivity index (χ4n) is 1.57. The molecule has 3 N–H and O–H groups in total. The molecule has 0 saturated carbocycles. The molecule has 0 aliphatic heterocycles. The zero-order chi connectivity index (χ0) is 14.9. The number of anilines is 2. The van der Waals surface area contributed by atoms with Gasteiger partial charge in [-0.05, 0) is 30.3 Å². The molecule has 2 rings (SSSR count). The van der Waals surface area contributed by atoms with Crippen molar-refractivity contribution >= 4 is 52.1 Å². The maximum atomic E-state index is 13.1. The molecule has 0 aromatic heterocycles. The Labute approximate surface area is 129 Å². The van der Waals surface area contributed by atoms with Crippen molar-refractivity contribution in [1.29, 1.82) is 0 Å². The number of amides is 1. The van der Waals surface area contributed by atoms with Crippen LogP contribution < -0.4 is 11.1 Å². The molecule has 7 heteroatoms. The second-order valence-electron chi connectivity index (χ2n) is 3.93. The molecule has 0 radical (unpaired) electrons. The Morgan fingerprint density at radius 3 is 2.30 bits per heavy atom. The van der Waals surface area contributed by atoms with Crippen LogP contribution in [0, 0.1) is 5.82 Å². The number of hydrogen-bond donors (Lipinski definition) is 2. The van der Waals surface area contributed by atoms with Crippen molar-refractivity contribution in [2.75, 3.05) is 11.1 Å². The monoisotopic (exact) mass is 332 g/mol. The van der Waals surface area contributed by atoms with Crippen molar-refractivity contribution in [1.82, 2.24) is 0 Å². The number of hydrogen-bond acceptors (Lipinski definition) is 2. The van der Waals surface area contributed by atoms with Gasteiger partial charge in [-0.1, -0.05) is 34.8 Å². The second kappa shape index (κ2) is 5.87. The molecule has 0 bridgehead atoms. The number of carbonyl (C=O) groups is 1. The fourth-order valence-corrected chi connectivity index (χ4v) is 2.29. The molecular formula is C13H8Cl3FN2O. The standard InChI is InChI=1S/C13H8Cl3FN2O/c14-6-1-2-11(18)8(3-6)13(20)19-12-9(15)4-7(17)5-10(12)16/h1-5H,18H2,(H,19,20). The van der Waals surface area contributed by atoms with Crippen LogP contribution >= 0.6 is 34.8 Å². The zero-order valence-electron chi connectivity index (χ0n) is 9.88. The van der Waals surface area contributed by atoms with Gasteiger partial charge in [0.1, 0.15) is 5.82 Å². The Kier molecular flexibility index (Phi) is 4.38. The van der Waals surface area contributed by atoms with Crippen LogP contribution in [-0.2, 0) is 0 Å². The van der Waals surface area contributed by atoms with E-state index in [-0.39, 0.29) is 27.0 Å². The van der Waals surface area contributed by atoms with Crippen molar-refractivity contribution < 1.29 is 9.18 Å². The van der Waals surface area contributed by atoms with Crippen LogP contribution in [0.25, 0.3) is 0 Å². The Bertz CT molecular complexity index is 668. The highest BCUT2D eigenvalue weighted by atomic mass is 35.5. The summed E-state index contributed by atoms with van der Waals surface area (Å²) in [6.07, 6.45) is 0. The summed E-state index contributed by atoms with van der Waals surface area (Å²) in [7, 11) is 0. The maximum absolute atomic E-state index is 13.1. The minimum atomic E-state index is -0.597. The molecule has 0 fully saturated rings. The molecule has 0 aliphatic rings. The maximum Gasteiger partial charge on any atom is 0.257 e. The molecular weight excluding hydrogens is 326 g/mol. The third-order valence-corrected chi connectivity index (χ3v) is 3.34. The summed E-state index contributed by atoms with van der Waals surface area (Å²) < 4.78 is 13.1. The number of nitrogen functional groups attached to an aromatic ring is 1. The number of rotatable bonds is 2. The van der Waals surface area contributed by atoms with E-state index in [4.69, 9.17) is 40.5 Å². The summed E-state index contributed by atoms with van der Waals surface area (Å²) in [5.41, 5.74) is 6.24. The minimum Gasteiger partial charge on any atom is -0.398 e. The van der Waals surface area contributed by atoms with Crippen LogP contribution in [0.4, 0.5) is 15.8 Å². The number of nitrogens with two attached hydrogens (primary N) is 1. The third kappa shape index (κ3) is 3.15. The molecule has 0 unspecified atom stereocenters. The van der Waals surface area contributed by atoms with E-state index in [9.17, 15) is 9.18 Å². The van der Waals surface area contributed by atoms with E-state index in [1.165, 1.54) is 12.1 Å². The SMILES string of the molecule is Nc1ccc(Cl)cc1C(=O)Nc1c(Cl)cc(F)cc1Cl. The van der Waals surface area contributed by atoms with Gasteiger partial charge in [-0.15, -0.1) is 0 Å². The van der Waals surface area contributed by atoms with Gasteiger partial charge in [0.05, 0.1) is 21.3 Å². The average Bonchev–Trinajstić information content (AvgIpc) is 2.36. The van der Waals surface area contributed by atoms with Gasteiger partial charge < -0.3 is 11.1 Å². The van der Waals surface area contributed by atoms with Crippen molar-refractivity contribution in [3.05, 3.63) is 56.8 Å². The molecule has 0 aliphatic carbocycles. The van der Waals surface area contributed by atoms with Crippen LogP contribution in [0.3, 0.4) is 0 Å². The van der Waals surface area contributed by atoms with E-state index < -0.39 is 11.7 Å². The largest absolute Gasteiger partial charge is 0.398 e. The van der Waals surface area contributed by atoms with E-state index in [1.807, 2.05) is 0 Å². The highest BCUT2D eigenvalue weighted by Gasteiger charge is 2.15. The lowest BCUT2D eigenvalue weighted by Crippen LogP contribution is -2.14. The van der Waals surface area contributed by atoms with E-state index in [0.29, 0.717) is 5.02 Å². The lowest BCUT2D eigenvalue weighted by atomic mass is 10.1. The lowest BCUT2D eigenvalue weighted by molar-refractivity contribution is 0.102. The van der Waals surface area contributed by atoms with Gasteiger partial charge in [-0.3, -0.25) is 4.79 Å². The summed E-state index contributed by atoms with van der Waals surface area (Å²) in [6.45, 7) is 0. The zero-order valence-corrected chi connectivity index (χ0v) is 12.2. The van der Waals surface area contributed by atoms with Crippen LogP contribution in [0.5, 0.6) is 0 Å². The van der Waals surface area contributed by atoms with Gasteiger partial charge in [0, 0.05) is 10.7 Å². The Hall–Kier alpha value is -1.49. The number of halogens is 4. The molecule has 0 spiro atoms. The first-order valence-corrected chi connectivity index (χ1v) is 6.53. The van der Waals surface area contributed by atoms with Gasteiger partial charge in [-0.25, -0.2) is 4.39 Å². The number of benzene rings is 2. The first-order valence-electron chi connectivity index (χ1n) is 5.39. The smallest absolute Gasteiger partial charge is 0.257 e. The van der Waals surface area contributed by atoms with Gasteiger partial charge in [0.25, 0.3) is 5.91 Å². The topological polar surface area (TPSA) is 55.1 Å². The summed E-state index contributed by atoms with van der Waals surface area (Å²) in [6, 6.07) is 6.57. The van der Waals surface area contributed by atoms with E-state index >= 15 is 0 Å². The lowest BCUT2D eigenvalue weighted by Gasteiger charge is -2.11. The van der Waals surface area contributed by atoms with E-state index in [0.717, 1.165) is 12.1 Å². The van der Waals surface area contributed by atoms with Gasteiger partial charge >= 0.3 is 0 Å². The fraction of sp³-hybridized carbons (Fsp3) is 0. The Balaban J connectivity index is 2.35. The molecule has 0 atom stereocenters. The second-order valence-corrected chi connectivity index (χ2v) is 5.18. The Morgan fingerprint density at radius 2 is 1.70 bits per heavy atom. The van der Waals surface area contributed by atoms with Crippen molar-refractivity contribution in [2.45, 2.75) is 0 Å². The minimum absolute atomic E-state index is 0.0102. The highest BCUT2D eigenvalue weighted by molar-refractivity contribution is 6.40. The summed E-state index contributed by atoms with van der Waals surface area (Å²) in [5.74, 6) is -1.14. The molecule has 20 heavy (non-hydrogen) atoms. The molecule has 0 heterocycles. The number of nitrogens with one attached hydrogen (secondary N) is 1. The first-order chi connectivity index (χ1) is 9.38. The highest BCUT2D eigenvalue weighted by Crippen LogP contribution is 2.32. The van der Waals surface area contributed by atoms with E-state index in [1.54, 1.807) is 6.07 Å². The number of carbonyl (C=O) groups excluding carboxylic acids is 1. The third-order valence-electron chi connectivity index (χ3n) is 2.51. The summed E-state index contributed by atoms with van der Waals surface area (Å²) in [4.78, 5) is 12.1. The molecule has 104 valence electrons. The van der Waals surface area contributed by atoms with Gasteiger partial charge in [-0.2, -0.15) is 0 Å². The predicted molar refractivity (Wildman–Crippen MR) is 80.2 cm³/mol. The predicted octanol–water partition coefficient (Wildman–Crippen LogP) is 4.62. The van der Waals surface area contributed by atoms with Crippen LogP contribution in [0.15, 0.2) is 30.3 Å². The molecule has 2 aromatic carbocycles. The first kappa shape index (κ1) is 14.9. The van der Waals surface area contributed by atoms with Crippen LogP contribution in [-0.4, -0.2) is 5.91 Å². The normalized spacial score (nSPS) is 10.4. The van der Waals surface area contributed by atoms with Crippen molar-refractivity contribution in [3.63, 3.8) is 0 Å². The molecule has 2 aromatic rings. The average molecular weight is 334 g/mol. The summed E-state index contributed by atoms with van der Waals surface area (Å²) >= 11 is 17.5. The van der Waals surface area contributed by atoms with Crippen LogP contribution in [0.2, 0.25) is 15.1 Å². The van der Waals surface area contributed by atoms with Crippen molar-refractivity contribution in [3.8, 4) is 0 Å². The van der Waals surface area contributed by atoms with Crippen molar-refractivity contribution in [2.24, 2.45) is 0 Å². The quantitative estimate of drug-likeness (QED) is 0.788. The molecule has 0 saturated heterocycles. The van der Waals surface area contributed by atoms with Gasteiger partial charge in [0.15, 0.2) is 0 Å². The molecule has 1 amide bonds. The Morgan fingerprint density at radius 1 is 1.10 bits per heavy atom. The van der Waals surface area contributed by atoms with Gasteiger partial charge in [0.2, 0.25) is 0 Å². The van der Waals surface area contributed by atoms with Crippen LogP contribution in [0.1, 0.15) is 10.4 Å².